The third-order valence-electron chi connectivity index (χ3n) is 1.87. The maximum Gasteiger partial charge on any atom is 0.123 e. The van der Waals surface area contributed by atoms with Crippen molar-refractivity contribution in [2.75, 3.05) is 0 Å². The molecule has 0 saturated carbocycles. The van der Waals surface area contributed by atoms with Gasteiger partial charge < -0.3 is 4.79 Å². The summed E-state index contributed by atoms with van der Waals surface area (Å²) in [7, 11) is 0. The van der Waals surface area contributed by atoms with E-state index in [-0.39, 0.29) is 5.82 Å². The molecule has 0 saturated heterocycles. The van der Waals surface area contributed by atoms with E-state index in [4.69, 9.17) is 0 Å². The molecule has 1 aromatic rings. The van der Waals surface area contributed by atoms with Gasteiger partial charge in [0.05, 0.1) is 0 Å². The molecule has 1 aromatic carbocycles. The minimum Gasteiger partial charge on any atom is -0.303 e. The molecule has 0 aliphatic heterocycles. The lowest BCUT2D eigenvalue weighted by Crippen LogP contribution is -1.76. The Morgan fingerprint density at radius 1 is 1.14 bits per heavy atom. The van der Waals surface area contributed by atoms with Gasteiger partial charge in [0.1, 0.15) is 12.1 Å². The predicted octanol–water partition coefficient (Wildman–Crippen LogP) is 3.21. The Labute approximate surface area is 83.3 Å². The number of hydrogen-bond acceptors (Lipinski definition) is 1. The SMILES string of the molecule is O=CCCC/C=C/c1ccc(F)cc1. The summed E-state index contributed by atoms with van der Waals surface area (Å²) in [4.78, 5) is 10.0. The topological polar surface area (TPSA) is 17.1 Å². The van der Waals surface area contributed by atoms with E-state index >= 15 is 0 Å². The van der Waals surface area contributed by atoms with E-state index in [9.17, 15) is 9.18 Å². The first kappa shape index (κ1) is 10.6. The van der Waals surface area contributed by atoms with E-state index in [1.165, 1.54) is 12.1 Å². The summed E-state index contributed by atoms with van der Waals surface area (Å²) in [5.41, 5.74) is 0.984. The van der Waals surface area contributed by atoms with Crippen molar-refractivity contribution in [3.63, 3.8) is 0 Å². The van der Waals surface area contributed by atoms with Crippen LogP contribution in [0, 0.1) is 5.82 Å². The summed E-state index contributed by atoms with van der Waals surface area (Å²) in [5, 5.41) is 0. The normalized spacial score (nSPS) is 10.6. The van der Waals surface area contributed by atoms with Crippen molar-refractivity contribution in [3.05, 3.63) is 41.7 Å². The average Bonchev–Trinajstić information content (AvgIpc) is 2.21. The highest BCUT2D eigenvalue weighted by Crippen LogP contribution is 2.06. The van der Waals surface area contributed by atoms with E-state index < -0.39 is 0 Å². The predicted molar refractivity (Wildman–Crippen MR) is 55.3 cm³/mol. The molecule has 14 heavy (non-hydrogen) atoms. The molecule has 0 radical (unpaired) electrons. The molecule has 0 amide bonds. The molecular weight excluding hydrogens is 179 g/mol. The Bertz CT molecular complexity index is 301. The van der Waals surface area contributed by atoms with Crippen LogP contribution in [0.5, 0.6) is 0 Å². The highest BCUT2D eigenvalue weighted by Gasteiger charge is 1.88. The fraction of sp³-hybridized carbons (Fsp3) is 0.250. The van der Waals surface area contributed by atoms with Gasteiger partial charge in [0.2, 0.25) is 0 Å². The van der Waals surface area contributed by atoms with Gasteiger partial charge in [-0.3, -0.25) is 0 Å². The number of unbranched alkanes of at least 4 members (excludes halogenated alkanes) is 2. The van der Waals surface area contributed by atoms with E-state index in [2.05, 4.69) is 0 Å². The summed E-state index contributed by atoms with van der Waals surface area (Å²) in [6.07, 6.45) is 7.22. The fourth-order valence-corrected chi connectivity index (χ4v) is 1.11. The largest absolute Gasteiger partial charge is 0.303 e. The van der Waals surface area contributed by atoms with Gasteiger partial charge in [-0.15, -0.1) is 0 Å². The zero-order valence-electron chi connectivity index (χ0n) is 7.95. The number of benzene rings is 1. The second-order valence-electron chi connectivity index (χ2n) is 3.05. The molecular formula is C12H13FO. The molecule has 0 aliphatic rings. The van der Waals surface area contributed by atoms with Gasteiger partial charge in [-0.1, -0.05) is 24.3 Å². The average molecular weight is 192 g/mol. The Hall–Kier alpha value is -1.44. The molecule has 0 heterocycles. The van der Waals surface area contributed by atoms with Crippen LogP contribution < -0.4 is 0 Å². The third-order valence-corrected chi connectivity index (χ3v) is 1.87. The summed E-state index contributed by atoms with van der Waals surface area (Å²) in [6, 6.07) is 6.33. The number of allylic oxidation sites excluding steroid dienone is 1. The highest BCUT2D eigenvalue weighted by atomic mass is 19.1. The summed E-state index contributed by atoms with van der Waals surface area (Å²) >= 11 is 0. The van der Waals surface area contributed by atoms with Crippen LogP contribution in [0.15, 0.2) is 30.3 Å². The van der Waals surface area contributed by atoms with Crippen LogP contribution >= 0.6 is 0 Å². The van der Waals surface area contributed by atoms with Gasteiger partial charge in [-0.25, -0.2) is 4.39 Å². The van der Waals surface area contributed by atoms with Crippen LogP contribution in [0.25, 0.3) is 6.08 Å². The van der Waals surface area contributed by atoms with Crippen LogP contribution in [0.3, 0.4) is 0 Å². The van der Waals surface area contributed by atoms with Crippen molar-refractivity contribution in [1.29, 1.82) is 0 Å². The quantitative estimate of drug-likeness (QED) is 0.517. The van der Waals surface area contributed by atoms with Gasteiger partial charge in [-0.2, -0.15) is 0 Å². The second kappa shape index (κ2) is 6.08. The van der Waals surface area contributed by atoms with Crippen LogP contribution in [-0.4, -0.2) is 6.29 Å². The van der Waals surface area contributed by atoms with E-state index in [0.29, 0.717) is 6.42 Å². The minimum atomic E-state index is -0.219. The van der Waals surface area contributed by atoms with Gasteiger partial charge in [0, 0.05) is 6.42 Å². The second-order valence-corrected chi connectivity index (χ2v) is 3.05. The molecule has 0 bridgehead atoms. The number of aldehydes is 1. The van der Waals surface area contributed by atoms with Crippen molar-refractivity contribution < 1.29 is 9.18 Å². The zero-order valence-corrected chi connectivity index (χ0v) is 7.95. The number of halogens is 1. The van der Waals surface area contributed by atoms with Gasteiger partial charge in [0.15, 0.2) is 0 Å². The van der Waals surface area contributed by atoms with Crippen molar-refractivity contribution in [2.24, 2.45) is 0 Å². The van der Waals surface area contributed by atoms with Crippen LogP contribution in [0.4, 0.5) is 4.39 Å². The molecule has 0 atom stereocenters. The lowest BCUT2D eigenvalue weighted by molar-refractivity contribution is -0.107. The Morgan fingerprint density at radius 3 is 2.50 bits per heavy atom. The zero-order chi connectivity index (χ0) is 10.2. The monoisotopic (exact) mass is 192 g/mol. The van der Waals surface area contributed by atoms with Crippen molar-refractivity contribution in [2.45, 2.75) is 19.3 Å². The first-order chi connectivity index (χ1) is 6.83. The molecule has 0 spiro atoms. The van der Waals surface area contributed by atoms with E-state index in [1.807, 2.05) is 12.2 Å². The molecule has 0 N–H and O–H groups in total. The highest BCUT2D eigenvalue weighted by molar-refractivity contribution is 5.50. The van der Waals surface area contributed by atoms with Gasteiger partial charge >= 0.3 is 0 Å². The minimum absolute atomic E-state index is 0.219. The maximum atomic E-state index is 12.5. The first-order valence-corrected chi connectivity index (χ1v) is 4.68. The van der Waals surface area contributed by atoms with Crippen LogP contribution in [-0.2, 0) is 4.79 Å². The molecule has 0 aromatic heterocycles. The molecule has 74 valence electrons. The molecule has 0 unspecified atom stereocenters. The van der Waals surface area contributed by atoms with E-state index in [1.54, 1.807) is 12.1 Å². The van der Waals surface area contributed by atoms with Crippen LogP contribution in [0.1, 0.15) is 24.8 Å². The van der Waals surface area contributed by atoms with Gasteiger partial charge in [0.25, 0.3) is 0 Å². The van der Waals surface area contributed by atoms with E-state index in [0.717, 1.165) is 24.7 Å². The molecule has 1 rings (SSSR count). The summed E-state index contributed by atoms with van der Waals surface area (Å²) < 4.78 is 12.5. The van der Waals surface area contributed by atoms with Crippen molar-refractivity contribution >= 4 is 12.4 Å². The molecule has 0 fully saturated rings. The lowest BCUT2D eigenvalue weighted by atomic mass is 10.1. The summed E-state index contributed by atoms with van der Waals surface area (Å²) in [5.74, 6) is -0.219. The van der Waals surface area contributed by atoms with Crippen LogP contribution in [0.2, 0.25) is 0 Å². The first-order valence-electron chi connectivity index (χ1n) is 4.68. The smallest absolute Gasteiger partial charge is 0.123 e. The standard InChI is InChI=1S/C12H13FO/c13-12-8-6-11(7-9-12)5-3-1-2-4-10-14/h3,5-10H,1-2,4H2/b5-3+. The van der Waals surface area contributed by atoms with Crippen molar-refractivity contribution in [3.8, 4) is 0 Å². The third kappa shape index (κ3) is 3.99. The number of rotatable bonds is 5. The Morgan fingerprint density at radius 2 is 1.86 bits per heavy atom. The fourth-order valence-electron chi connectivity index (χ4n) is 1.11. The van der Waals surface area contributed by atoms with Gasteiger partial charge in [-0.05, 0) is 30.5 Å². The summed E-state index contributed by atoms with van der Waals surface area (Å²) in [6.45, 7) is 0. The number of carbonyl (C=O) groups is 1. The maximum absolute atomic E-state index is 12.5. The molecule has 1 nitrogen and oxygen atoms in total. The number of hydrogen-bond donors (Lipinski definition) is 0. The number of carbonyl (C=O) groups excluding carboxylic acids is 1. The Balaban J connectivity index is 2.36. The lowest BCUT2D eigenvalue weighted by Gasteiger charge is -1.92. The Kier molecular flexibility index (Phi) is 4.62. The molecule has 2 heteroatoms. The molecule has 0 aliphatic carbocycles. The van der Waals surface area contributed by atoms with Crippen molar-refractivity contribution in [1.82, 2.24) is 0 Å².